The Labute approximate surface area is 125 Å². The molecule has 1 aromatic rings. The Morgan fingerprint density at radius 2 is 2.10 bits per heavy atom. The Morgan fingerprint density at radius 1 is 1.45 bits per heavy atom. The molecule has 0 bridgehead atoms. The van der Waals surface area contributed by atoms with Crippen LogP contribution in [0.1, 0.15) is 43.8 Å². The van der Waals surface area contributed by atoms with E-state index in [1.54, 1.807) is 11.3 Å². The minimum absolute atomic E-state index is 0.249. The van der Waals surface area contributed by atoms with Gasteiger partial charge >= 0.3 is 0 Å². The maximum Gasteiger partial charge on any atom is 0.237 e. The van der Waals surface area contributed by atoms with E-state index in [0.717, 1.165) is 30.1 Å². The molecule has 2 rings (SSSR count). The summed E-state index contributed by atoms with van der Waals surface area (Å²) in [5.41, 5.74) is 1.06. The van der Waals surface area contributed by atoms with Crippen LogP contribution >= 0.6 is 11.3 Å². The zero-order valence-electron chi connectivity index (χ0n) is 12.9. The third kappa shape index (κ3) is 3.79. The number of aryl methyl sites for hydroxylation is 1. The van der Waals surface area contributed by atoms with Gasteiger partial charge in [0.25, 0.3) is 0 Å². The quantitative estimate of drug-likeness (QED) is 0.857. The van der Waals surface area contributed by atoms with Crippen molar-refractivity contribution in [3.63, 3.8) is 0 Å². The number of carbonyl (C=O) groups is 1. The zero-order chi connectivity index (χ0) is 14.7. The Morgan fingerprint density at radius 3 is 2.65 bits per heavy atom. The molecule has 1 aliphatic heterocycles. The van der Waals surface area contributed by atoms with E-state index in [-0.39, 0.29) is 5.91 Å². The summed E-state index contributed by atoms with van der Waals surface area (Å²) in [5.74, 6) is 0.249. The van der Waals surface area contributed by atoms with Gasteiger partial charge < -0.3 is 4.90 Å². The third-order valence-corrected chi connectivity index (χ3v) is 4.81. The predicted octanol–water partition coefficient (Wildman–Crippen LogP) is 2.67. The highest BCUT2D eigenvalue weighted by atomic mass is 32.1. The number of thiazole rings is 1. The minimum Gasteiger partial charge on any atom is -0.336 e. The molecule has 1 saturated heterocycles. The van der Waals surface area contributed by atoms with Crippen LogP contribution in [0.15, 0.2) is 5.38 Å². The summed E-state index contributed by atoms with van der Waals surface area (Å²) in [5, 5.41) is 3.15. The van der Waals surface area contributed by atoms with Crippen LogP contribution in [0.4, 0.5) is 0 Å². The van der Waals surface area contributed by atoms with Gasteiger partial charge in [-0.15, -0.1) is 11.3 Å². The fourth-order valence-corrected chi connectivity index (χ4v) is 3.64. The van der Waals surface area contributed by atoms with Gasteiger partial charge in [0.2, 0.25) is 5.91 Å². The third-order valence-electron chi connectivity index (χ3n) is 3.99. The number of piperidine rings is 1. The molecular weight excluding hydrogens is 270 g/mol. The van der Waals surface area contributed by atoms with Crippen molar-refractivity contribution in [3.8, 4) is 0 Å². The molecule has 1 aromatic heterocycles. The average molecular weight is 295 g/mol. The molecular formula is C15H25N3OS. The molecule has 1 aliphatic rings. The van der Waals surface area contributed by atoms with Gasteiger partial charge in [-0.25, -0.2) is 4.98 Å². The molecule has 20 heavy (non-hydrogen) atoms. The number of rotatable bonds is 4. The van der Waals surface area contributed by atoms with Crippen LogP contribution < -0.4 is 0 Å². The van der Waals surface area contributed by atoms with Crippen molar-refractivity contribution in [2.75, 3.05) is 13.6 Å². The topological polar surface area (TPSA) is 36.4 Å². The number of likely N-dealkylation sites (N-methyl/N-ethyl adjacent to an activating group) is 1. The summed E-state index contributed by atoms with van der Waals surface area (Å²) in [6.07, 6.45) is 3.50. The lowest BCUT2D eigenvalue weighted by molar-refractivity contribution is -0.138. The van der Waals surface area contributed by atoms with Crippen molar-refractivity contribution < 1.29 is 4.79 Å². The number of amides is 1. The summed E-state index contributed by atoms with van der Waals surface area (Å²) in [4.78, 5) is 21.1. The predicted molar refractivity (Wildman–Crippen MR) is 82.8 cm³/mol. The SMILES string of the molecule is Cc1nc(CN(C)CC(=O)N2C(C)CCCC2C)cs1. The smallest absolute Gasteiger partial charge is 0.237 e. The van der Waals surface area contributed by atoms with Gasteiger partial charge in [0.1, 0.15) is 0 Å². The minimum atomic E-state index is 0.249. The molecule has 0 N–H and O–H groups in total. The van der Waals surface area contributed by atoms with Crippen LogP contribution in [0.25, 0.3) is 0 Å². The van der Waals surface area contributed by atoms with Gasteiger partial charge in [0.15, 0.2) is 0 Å². The molecule has 2 heterocycles. The van der Waals surface area contributed by atoms with E-state index in [1.807, 2.05) is 14.0 Å². The van der Waals surface area contributed by atoms with E-state index in [9.17, 15) is 4.79 Å². The van der Waals surface area contributed by atoms with E-state index < -0.39 is 0 Å². The summed E-state index contributed by atoms with van der Waals surface area (Å²) >= 11 is 1.66. The second kappa shape index (κ2) is 6.68. The maximum atomic E-state index is 12.5. The maximum absolute atomic E-state index is 12.5. The van der Waals surface area contributed by atoms with Crippen LogP contribution in [0.5, 0.6) is 0 Å². The Hall–Kier alpha value is -0.940. The first-order chi connectivity index (χ1) is 9.47. The lowest BCUT2D eigenvalue weighted by Crippen LogP contribution is -2.50. The van der Waals surface area contributed by atoms with Crippen LogP contribution in [0.2, 0.25) is 0 Å². The number of aromatic nitrogens is 1. The van der Waals surface area contributed by atoms with Gasteiger partial charge in [-0.2, -0.15) is 0 Å². The molecule has 0 radical (unpaired) electrons. The highest BCUT2D eigenvalue weighted by Gasteiger charge is 2.29. The van der Waals surface area contributed by atoms with Gasteiger partial charge in [0.05, 0.1) is 17.2 Å². The number of likely N-dealkylation sites (tertiary alicyclic amines) is 1. The van der Waals surface area contributed by atoms with E-state index in [0.29, 0.717) is 18.6 Å². The van der Waals surface area contributed by atoms with Gasteiger partial charge in [-0.05, 0) is 47.1 Å². The largest absolute Gasteiger partial charge is 0.336 e. The second-order valence-corrected chi connectivity index (χ2v) is 7.02. The molecule has 4 nitrogen and oxygen atoms in total. The van der Waals surface area contributed by atoms with Crippen LogP contribution in [-0.2, 0) is 11.3 Å². The van der Waals surface area contributed by atoms with Crippen LogP contribution in [-0.4, -0.2) is 46.4 Å². The van der Waals surface area contributed by atoms with Crippen molar-refractivity contribution in [3.05, 3.63) is 16.1 Å². The van der Waals surface area contributed by atoms with Crippen molar-refractivity contribution in [2.24, 2.45) is 0 Å². The Balaban J connectivity index is 1.89. The summed E-state index contributed by atoms with van der Waals surface area (Å²) in [6.45, 7) is 7.56. The standard InChI is InChI=1S/C15H25N3OS/c1-11-6-5-7-12(2)18(11)15(19)9-17(4)8-14-10-20-13(3)16-14/h10-12H,5-9H2,1-4H3. The van der Waals surface area contributed by atoms with E-state index in [1.165, 1.54) is 6.42 Å². The van der Waals surface area contributed by atoms with E-state index in [2.05, 4.69) is 34.0 Å². The normalized spacial score (nSPS) is 23.4. The number of carbonyl (C=O) groups excluding carboxylic acids is 1. The fourth-order valence-electron chi connectivity index (χ4n) is 3.04. The van der Waals surface area contributed by atoms with Gasteiger partial charge in [0, 0.05) is 24.0 Å². The number of nitrogens with zero attached hydrogens (tertiary/aromatic N) is 3. The average Bonchev–Trinajstić information content (AvgIpc) is 2.74. The highest BCUT2D eigenvalue weighted by molar-refractivity contribution is 7.09. The molecule has 0 spiro atoms. The number of hydrogen-bond donors (Lipinski definition) is 0. The molecule has 0 saturated carbocycles. The monoisotopic (exact) mass is 295 g/mol. The van der Waals surface area contributed by atoms with Crippen LogP contribution in [0.3, 0.4) is 0 Å². The lowest BCUT2D eigenvalue weighted by atomic mass is 9.97. The fraction of sp³-hybridized carbons (Fsp3) is 0.733. The summed E-state index contributed by atoms with van der Waals surface area (Å²) in [6, 6.07) is 0.752. The summed E-state index contributed by atoms with van der Waals surface area (Å²) < 4.78 is 0. The van der Waals surface area contributed by atoms with Crippen molar-refractivity contribution in [1.29, 1.82) is 0 Å². The van der Waals surface area contributed by atoms with Gasteiger partial charge in [-0.3, -0.25) is 9.69 Å². The molecule has 1 fully saturated rings. The molecule has 2 unspecified atom stereocenters. The van der Waals surface area contributed by atoms with E-state index in [4.69, 9.17) is 0 Å². The van der Waals surface area contributed by atoms with E-state index >= 15 is 0 Å². The molecule has 5 heteroatoms. The number of hydrogen-bond acceptors (Lipinski definition) is 4. The van der Waals surface area contributed by atoms with Crippen molar-refractivity contribution in [1.82, 2.24) is 14.8 Å². The first kappa shape index (κ1) is 15.4. The van der Waals surface area contributed by atoms with Crippen molar-refractivity contribution in [2.45, 2.75) is 58.7 Å². The molecule has 2 atom stereocenters. The molecule has 0 aromatic carbocycles. The second-order valence-electron chi connectivity index (χ2n) is 5.96. The zero-order valence-corrected chi connectivity index (χ0v) is 13.7. The molecule has 1 amide bonds. The van der Waals surface area contributed by atoms with Crippen molar-refractivity contribution >= 4 is 17.2 Å². The van der Waals surface area contributed by atoms with Crippen LogP contribution in [0, 0.1) is 6.92 Å². The highest BCUT2D eigenvalue weighted by Crippen LogP contribution is 2.22. The van der Waals surface area contributed by atoms with Gasteiger partial charge in [-0.1, -0.05) is 0 Å². The molecule has 112 valence electrons. The lowest BCUT2D eigenvalue weighted by Gasteiger charge is -2.39. The molecule has 0 aliphatic carbocycles. The summed E-state index contributed by atoms with van der Waals surface area (Å²) in [7, 11) is 1.99. The Kier molecular flexibility index (Phi) is 5.16. The first-order valence-electron chi connectivity index (χ1n) is 7.38. The first-order valence-corrected chi connectivity index (χ1v) is 8.26. The Bertz CT molecular complexity index is 450.